The van der Waals surface area contributed by atoms with E-state index >= 15 is 0 Å². The molecule has 0 radical (unpaired) electrons. The van der Waals surface area contributed by atoms with E-state index in [2.05, 4.69) is 207 Å². The van der Waals surface area contributed by atoms with Crippen molar-refractivity contribution < 1.29 is 4.42 Å². The summed E-state index contributed by atoms with van der Waals surface area (Å²) in [7, 11) is 0. The molecule has 0 unspecified atom stereocenters. The quantitative estimate of drug-likeness (QED) is 0.177. The van der Waals surface area contributed by atoms with Crippen LogP contribution in [0.5, 0.6) is 0 Å². The zero-order chi connectivity index (χ0) is 36.7. The number of fused-ring (bicyclic) bond motifs is 9. The summed E-state index contributed by atoms with van der Waals surface area (Å²) < 4.78 is 6.94. The highest BCUT2D eigenvalue weighted by atomic mass is 16.3. The van der Waals surface area contributed by atoms with E-state index in [0.29, 0.717) is 0 Å². The van der Waals surface area contributed by atoms with Crippen LogP contribution < -0.4 is 4.90 Å². The van der Waals surface area contributed by atoms with Gasteiger partial charge >= 0.3 is 0 Å². The molecule has 0 saturated heterocycles. The fourth-order valence-corrected chi connectivity index (χ4v) is 9.27. The van der Waals surface area contributed by atoms with E-state index in [4.69, 9.17) is 4.42 Å². The molecule has 55 heavy (non-hydrogen) atoms. The number of rotatable bonds is 5. The van der Waals surface area contributed by atoms with Crippen molar-refractivity contribution in [3.63, 3.8) is 0 Å². The van der Waals surface area contributed by atoms with E-state index in [1.54, 1.807) is 0 Å². The first-order valence-corrected chi connectivity index (χ1v) is 19.1. The largest absolute Gasteiger partial charge is 0.455 e. The molecule has 9 aromatic carbocycles. The van der Waals surface area contributed by atoms with Crippen molar-refractivity contribution >= 4 is 60.5 Å². The summed E-state index contributed by atoms with van der Waals surface area (Å²) in [6.07, 6.45) is 0. The summed E-state index contributed by atoms with van der Waals surface area (Å²) in [5, 5.41) is 6.95. The summed E-state index contributed by atoms with van der Waals surface area (Å²) >= 11 is 0. The molecule has 0 bridgehead atoms. The zero-order valence-electron chi connectivity index (χ0n) is 30.8. The van der Waals surface area contributed by atoms with Gasteiger partial charge in [0.05, 0.1) is 16.8 Å². The van der Waals surface area contributed by atoms with Crippen LogP contribution in [0.15, 0.2) is 192 Å². The number of benzene rings is 9. The SMILES string of the molecule is CC1(C)c2ccccc2-c2ccc(N(c3ccccc3-c3ccccc3)c3cccc4oc5c6ccccc6c(-c6cccc7ccccc67)cc5c34)cc21. The van der Waals surface area contributed by atoms with E-state index in [0.717, 1.165) is 50.0 Å². The van der Waals surface area contributed by atoms with Gasteiger partial charge in [-0.15, -0.1) is 0 Å². The lowest BCUT2D eigenvalue weighted by Gasteiger charge is -2.30. The highest BCUT2D eigenvalue weighted by Crippen LogP contribution is 2.53. The van der Waals surface area contributed by atoms with Crippen LogP contribution in [-0.2, 0) is 5.41 Å². The Kier molecular flexibility index (Phi) is 6.93. The van der Waals surface area contributed by atoms with Crippen molar-refractivity contribution in [1.29, 1.82) is 0 Å². The molecule has 260 valence electrons. The topological polar surface area (TPSA) is 16.4 Å². The summed E-state index contributed by atoms with van der Waals surface area (Å²) in [4.78, 5) is 2.46. The lowest BCUT2D eigenvalue weighted by molar-refractivity contribution is 0.660. The Morgan fingerprint density at radius 1 is 0.418 bits per heavy atom. The highest BCUT2D eigenvalue weighted by molar-refractivity contribution is 6.23. The third-order valence-electron chi connectivity index (χ3n) is 11.9. The monoisotopic (exact) mass is 703 g/mol. The number of para-hydroxylation sites is 1. The van der Waals surface area contributed by atoms with Crippen LogP contribution in [0.4, 0.5) is 17.1 Å². The molecule has 2 nitrogen and oxygen atoms in total. The first-order chi connectivity index (χ1) is 27.1. The second-order valence-corrected chi connectivity index (χ2v) is 15.2. The number of nitrogens with zero attached hydrogens (tertiary/aromatic N) is 1. The molecule has 0 saturated carbocycles. The van der Waals surface area contributed by atoms with Crippen molar-refractivity contribution in [3.8, 4) is 33.4 Å². The summed E-state index contributed by atoms with van der Waals surface area (Å²) in [6.45, 7) is 4.71. The lowest BCUT2D eigenvalue weighted by atomic mass is 9.82. The van der Waals surface area contributed by atoms with Gasteiger partial charge in [-0.25, -0.2) is 0 Å². The van der Waals surface area contributed by atoms with Gasteiger partial charge < -0.3 is 9.32 Å². The van der Waals surface area contributed by atoms with Gasteiger partial charge in [0, 0.05) is 27.4 Å². The van der Waals surface area contributed by atoms with Gasteiger partial charge in [-0.1, -0.05) is 166 Å². The Hall–Kier alpha value is -6.90. The molecule has 1 aromatic heterocycles. The minimum Gasteiger partial charge on any atom is -0.455 e. The molecule has 10 aromatic rings. The first-order valence-electron chi connectivity index (χ1n) is 19.1. The third-order valence-corrected chi connectivity index (χ3v) is 11.9. The molecule has 0 N–H and O–H groups in total. The van der Waals surface area contributed by atoms with Gasteiger partial charge in [0.2, 0.25) is 0 Å². The maximum atomic E-state index is 6.94. The molecule has 0 amide bonds. The van der Waals surface area contributed by atoms with Crippen molar-refractivity contribution in [2.24, 2.45) is 0 Å². The van der Waals surface area contributed by atoms with Gasteiger partial charge in [-0.2, -0.15) is 0 Å². The zero-order valence-corrected chi connectivity index (χ0v) is 30.8. The molecule has 0 fully saturated rings. The second-order valence-electron chi connectivity index (χ2n) is 15.2. The van der Waals surface area contributed by atoms with Gasteiger partial charge in [0.15, 0.2) is 0 Å². The summed E-state index contributed by atoms with van der Waals surface area (Å²) in [6, 6.07) is 68.3. The summed E-state index contributed by atoms with van der Waals surface area (Å²) in [5.74, 6) is 0. The van der Waals surface area contributed by atoms with E-state index in [1.165, 1.54) is 55.1 Å². The number of anilines is 3. The maximum Gasteiger partial charge on any atom is 0.143 e. The fraction of sp³-hybridized carbons (Fsp3) is 0.0566. The van der Waals surface area contributed by atoms with Gasteiger partial charge in [0.1, 0.15) is 11.2 Å². The molecule has 0 aliphatic heterocycles. The van der Waals surface area contributed by atoms with Crippen molar-refractivity contribution in [2.75, 3.05) is 4.90 Å². The number of hydrogen-bond donors (Lipinski definition) is 0. The predicted molar refractivity (Wildman–Crippen MR) is 232 cm³/mol. The Morgan fingerprint density at radius 2 is 1.05 bits per heavy atom. The minimum atomic E-state index is -0.146. The van der Waals surface area contributed by atoms with E-state index in [-0.39, 0.29) is 5.41 Å². The smallest absolute Gasteiger partial charge is 0.143 e. The molecule has 1 aliphatic rings. The molecular formula is C53H37NO. The van der Waals surface area contributed by atoms with Crippen molar-refractivity contribution in [1.82, 2.24) is 0 Å². The molecule has 1 aliphatic carbocycles. The Balaban J connectivity index is 1.23. The number of furan rings is 1. The average Bonchev–Trinajstić information content (AvgIpc) is 3.73. The molecular weight excluding hydrogens is 667 g/mol. The van der Waals surface area contributed by atoms with Crippen LogP contribution in [0.25, 0.3) is 76.9 Å². The van der Waals surface area contributed by atoms with Gasteiger partial charge in [0.25, 0.3) is 0 Å². The number of hydrogen-bond acceptors (Lipinski definition) is 2. The third kappa shape index (κ3) is 4.74. The van der Waals surface area contributed by atoms with Crippen LogP contribution in [-0.4, -0.2) is 0 Å². The molecule has 0 spiro atoms. The second kappa shape index (κ2) is 12.1. The van der Waals surface area contributed by atoms with E-state index in [1.807, 2.05) is 0 Å². The van der Waals surface area contributed by atoms with Gasteiger partial charge in [-0.3, -0.25) is 0 Å². The highest BCUT2D eigenvalue weighted by Gasteiger charge is 2.36. The van der Waals surface area contributed by atoms with Crippen LogP contribution in [0, 0.1) is 0 Å². The van der Waals surface area contributed by atoms with Crippen LogP contribution in [0.3, 0.4) is 0 Å². The van der Waals surface area contributed by atoms with Gasteiger partial charge in [-0.05, 0) is 91.5 Å². The maximum absolute atomic E-state index is 6.94. The first kappa shape index (κ1) is 31.6. The van der Waals surface area contributed by atoms with E-state index < -0.39 is 0 Å². The summed E-state index contributed by atoms with van der Waals surface area (Å²) in [5.41, 5.74) is 15.0. The Bertz CT molecular complexity index is 3130. The van der Waals surface area contributed by atoms with Crippen LogP contribution in [0.2, 0.25) is 0 Å². The van der Waals surface area contributed by atoms with E-state index in [9.17, 15) is 0 Å². The van der Waals surface area contributed by atoms with Crippen LogP contribution >= 0.6 is 0 Å². The average molecular weight is 704 g/mol. The molecule has 0 atom stereocenters. The predicted octanol–water partition coefficient (Wildman–Crippen LogP) is 15.0. The normalized spacial score (nSPS) is 13.1. The fourth-order valence-electron chi connectivity index (χ4n) is 9.27. The molecule has 1 heterocycles. The standard InChI is InChI=1S/C53H37NO/c1-53(2)46-26-12-10-23-41(46)42-31-30-36(32-47(42)53)54(48-27-13-11-21-38(48)35-16-4-3-5-17-35)49-28-15-29-50-51(49)45-33-44(40-22-8-9-24-43(40)52(45)55-50)39-25-14-19-34-18-6-7-20-37(34)39/h3-33H,1-2H3. The minimum absolute atomic E-state index is 0.146. The lowest BCUT2D eigenvalue weighted by Crippen LogP contribution is -2.17. The molecule has 11 rings (SSSR count). The Morgan fingerprint density at radius 3 is 1.93 bits per heavy atom. The van der Waals surface area contributed by atoms with Crippen LogP contribution in [0.1, 0.15) is 25.0 Å². The van der Waals surface area contributed by atoms with Crippen molar-refractivity contribution in [2.45, 2.75) is 19.3 Å². The molecule has 2 heteroatoms. The Labute approximate surface area is 320 Å². The van der Waals surface area contributed by atoms with Crippen molar-refractivity contribution in [3.05, 3.63) is 199 Å².